The smallest absolute Gasteiger partial charge is 0.220 e. The summed E-state index contributed by atoms with van der Waals surface area (Å²) in [5.74, 6) is 1.70. The minimum Gasteiger partial charge on any atom is -0.497 e. The van der Waals surface area contributed by atoms with Crippen LogP contribution in [0.4, 0.5) is 0 Å². The van der Waals surface area contributed by atoms with Crippen molar-refractivity contribution in [3.63, 3.8) is 0 Å². The van der Waals surface area contributed by atoms with Crippen LogP contribution in [-0.4, -0.2) is 31.2 Å². The first-order valence-corrected chi connectivity index (χ1v) is 7.62. The maximum atomic E-state index is 11.9. The molecule has 23 heavy (non-hydrogen) atoms. The molecular weight excluding hydrogens is 292 g/mol. The molecule has 0 radical (unpaired) electrons. The van der Waals surface area contributed by atoms with Crippen LogP contribution in [0.1, 0.15) is 24.8 Å². The molecule has 0 saturated heterocycles. The highest BCUT2D eigenvalue weighted by Gasteiger charge is 2.10. The van der Waals surface area contributed by atoms with Crippen molar-refractivity contribution < 1.29 is 14.3 Å². The Morgan fingerprint density at radius 2 is 1.96 bits per heavy atom. The Bertz CT molecular complexity index is 599. The lowest BCUT2D eigenvalue weighted by Gasteiger charge is -2.12. The highest BCUT2D eigenvalue weighted by Crippen LogP contribution is 2.18. The predicted molar refractivity (Wildman–Crippen MR) is 88.8 cm³/mol. The number of carbonyl (C=O) groups is 1. The zero-order valence-electron chi connectivity index (χ0n) is 13.5. The summed E-state index contributed by atoms with van der Waals surface area (Å²) in [6, 6.07) is 11.2. The number of amides is 1. The van der Waals surface area contributed by atoms with Gasteiger partial charge < -0.3 is 14.8 Å². The van der Waals surface area contributed by atoms with Crippen molar-refractivity contribution in [3.05, 3.63) is 54.4 Å². The molecule has 1 aromatic heterocycles. The highest BCUT2D eigenvalue weighted by atomic mass is 16.5. The van der Waals surface area contributed by atoms with Crippen molar-refractivity contribution >= 4 is 5.91 Å². The fraction of sp³-hybridized carbons (Fsp3) is 0.333. The van der Waals surface area contributed by atoms with Crippen LogP contribution in [0.15, 0.2) is 48.8 Å². The summed E-state index contributed by atoms with van der Waals surface area (Å²) in [6.07, 6.45) is 3.96. The van der Waals surface area contributed by atoms with Gasteiger partial charge in [-0.3, -0.25) is 9.78 Å². The van der Waals surface area contributed by atoms with Crippen LogP contribution >= 0.6 is 0 Å². The van der Waals surface area contributed by atoms with Crippen molar-refractivity contribution in [2.24, 2.45) is 0 Å². The largest absolute Gasteiger partial charge is 0.497 e. The number of hydrogen-bond donors (Lipinski definition) is 1. The molecule has 1 N–H and O–H groups in total. The highest BCUT2D eigenvalue weighted by molar-refractivity contribution is 5.76. The van der Waals surface area contributed by atoms with Crippen molar-refractivity contribution in [2.75, 3.05) is 20.3 Å². The van der Waals surface area contributed by atoms with E-state index in [0.29, 0.717) is 19.6 Å². The van der Waals surface area contributed by atoms with E-state index in [1.54, 1.807) is 19.5 Å². The number of ether oxygens (including phenoxy) is 2. The van der Waals surface area contributed by atoms with E-state index in [0.717, 1.165) is 17.1 Å². The van der Waals surface area contributed by atoms with Gasteiger partial charge in [0.25, 0.3) is 0 Å². The molecule has 1 atom stereocenters. The average molecular weight is 314 g/mol. The van der Waals surface area contributed by atoms with Crippen LogP contribution in [0.25, 0.3) is 0 Å². The molecule has 0 fully saturated rings. The molecular formula is C18H22N2O3. The van der Waals surface area contributed by atoms with Gasteiger partial charge in [0.15, 0.2) is 0 Å². The van der Waals surface area contributed by atoms with Gasteiger partial charge in [-0.05, 0) is 41.8 Å². The summed E-state index contributed by atoms with van der Waals surface area (Å²) >= 11 is 0. The van der Waals surface area contributed by atoms with Gasteiger partial charge in [-0.2, -0.15) is 0 Å². The summed E-state index contributed by atoms with van der Waals surface area (Å²) in [4.78, 5) is 16.0. The van der Waals surface area contributed by atoms with Gasteiger partial charge >= 0.3 is 0 Å². The Balaban J connectivity index is 1.66. The Morgan fingerprint density at radius 3 is 2.61 bits per heavy atom. The van der Waals surface area contributed by atoms with Crippen molar-refractivity contribution in [1.29, 1.82) is 0 Å². The van der Waals surface area contributed by atoms with E-state index in [2.05, 4.69) is 10.3 Å². The van der Waals surface area contributed by atoms with Crippen LogP contribution in [0.3, 0.4) is 0 Å². The standard InChI is InChI=1S/C18H22N2O3/c1-14(15-4-3-9-19-13-15)12-18(21)20-10-11-23-17-7-5-16(22-2)6-8-17/h3-9,13-14H,10-12H2,1-2H3,(H,20,21). The predicted octanol–water partition coefficient (Wildman–Crippen LogP) is 2.78. The average Bonchev–Trinajstić information content (AvgIpc) is 2.60. The van der Waals surface area contributed by atoms with Gasteiger partial charge in [-0.15, -0.1) is 0 Å². The summed E-state index contributed by atoms with van der Waals surface area (Å²) in [5.41, 5.74) is 1.07. The zero-order chi connectivity index (χ0) is 16.5. The molecule has 0 saturated carbocycles. The first kappa shape index (κ1) is 16.8. The number of rotatable bonds is 8. The molecule has 1 aromatic carbocycles. The second-order valence-electron chi connectivity index (χ2n) is 5.27. The van der Waals surface area contributed by atoms with Gasteiger partial charge in [0.2, 0.25) is 5.91 Å². The molecule has 1 amide bonds. The second-order valence-corrected chi connectivity index (χ2v) is 5.27. The molecule has 122 valence electrons. The molecule has 0 bridgehead atoms. The third-order valence-corrected chi connectivity index (χ3v) is 3.50. The lowest BCUT2D eigenvalue weighted by atomic mass is 9.99. The van der Waals surface area contributed by atoms with E-state index < -0.39 is 0 Å². The zero-order valence-corrected chi connectivity index (χ0v) is 13.5. The second kappa shape index (κ2) is 8.78. The number of hydrogen-bond acceptors (Lipinski definition) is 4. The molecule has 5 heteroatoms. The molecule has 1 unspecified atom stereocenters. The van der Waals surface area contributed by atoms with E-state index in [1.165, 1.54) is 0 Å². The lowest BCUT2D eigenvalue weighted by molar-refractivity contribution is -0.121. The number of nitrogens with one attached hydrogen (secondary N) is 1. The molecule has 1 heterocycles. The monoisotopic (exact) mass is 314 g/mol. The topological polar surface area (TPSA) is 60.5 Å². The van der Waals surface area contributed by atoms with E-state index in [1.807, 2.05) is 43.3 Å². The van der Waals surface area contributed by atoms with E-state index in [4.69, 9.17) is 9.47 Å². The molecule has 0 aliphatic heterocycles. The van der Waals surface area contributed by atoms with E-state index in [9.17, 15) is 4.79 Å². The normalized spacial score (nSPS) is 11.6. The Kier molecular flexibility index (Phi) is 6.41. The minimum atomic E-state index is 0.0136. The molecule has 5 nitrogen and oxygen atoms in total. The van der Waals surface area contributed by atoms with Gasteiger partial charge in [0.1, 0.15) is 18.1 Å². The number of carbonyl (C=O) groups excluding carboxylic acids is 1. The molecule has 2 rings (SSSR count). The van der Waals surface area contributed by atoms with Crippen molar-refractivity contribution in [1.82, 2.24) is 10.3 Å². The molecule has 0 aliphatic carbocycles. The number of nitrogens with zero attached hydrogens (tertiary/aromatic N) is 1. The summed E-state index contributed by atoms with van der Waals surface area (Å²) in [5, 5.41) is 2.87. The SMILES string of the molecule is COc1ccc(OCCNC(=O)CC(C)c2cccnc2)cc1. The maximum absolute atomic E-state index is 11.9. The lowest BCUT2D eigenvalue weighted by Crippen LogP contribution is -2.28. The van der Waals surface area contributed by atoms with Gasteiger partial charge in [-0.25, -0.2) is 0 Å². The first-order chi connectivity index (χ1) is 11.2. The van der Waals surface area contributed by atoms with Crippen molar-refractivity contribution in [2.45, 2.75) is 19.3 Å². The van der Waals surface area contributed by atoms with Crippen LogP contribution in [0.5, 0.6) is 11.5 Å². The number of aromatic nitrogens is 1. The Morgan fingerprint density at radius 1 is 1.22 bits per heavy atom. The third-order valence-electron chi connectivity index (χ3n) is 3.50. The fourth-order valence-corrected chi connectivity index (χ4v) is 2.17. The van der Waals surface area contributed by atoms with Gasteiger partial charge in [0.05, 0.1) is 13.7 Å². The Hall–Kier alpha value is -2.56. The van der Waals surface area contributed by atoms with Gasteiger partial charge in [0, 0.05) is 18.8 Å². The summed E-state index contributed by atoms with van der Waals surface area (Å²) in [6.45, 7) is 2.93. The van der Waals surface area contributed by atoms with Crippen LogP contribution in [0, 0.1) is 0 Å². The Labute approximate surface area is 136 Å². The summed E-state index contributed by atoms with van der Waals surface area (Å²) in [7, 11) is 1.62. The first-order valence-electron chi connectivity index (χ1n) is 7.62. The minimum absolute atomic E-state index is 0.0136. The third kappa shape index (κ3) is 5.62. The molecule has 0 spiro atoms. The number of methoxy groups -OCH3 is 1. The fourth-order valence-electron chi connectivity index (χ4n) is 2.17. The molecule has 0 aliphatic rings. The van der Waals surface area contributed by atoms with Crippen LogP contribution in [-0.2, 0) is 4.79 Å². The van der Waals surface area contributed by atoms with Gasteiger partial charge in [-0.1, -0.05) is 13.0 Å². The van der Waals surface area contributed by atoms with E-state index in [-0.39, 0.29) is 11.8 Å². The molecule has 2 aromatic rings. The van der Waals surface area contributed by atoms with Crippen LogP contribution in [0.2, 0.25) is 0 Å². The van der Waals surface area contributed by atoms with Crippen LogP contribution < -0.4 is 14.8 Å². The van der Waals surface area contributed by atoms with E-state index >= 15 is 0 Å². The quantitative estimate of drug-likeness (QED) is 0.761. The number of pyridine rings is 1. The summed E-state index contributed by atoms with van der Waals surface area (Å²) < 4.78 is 10.6. The van der Waals surface area contributed by atoms with Crippen molar-refractivity contribution in [3.8, 4) is 11.5 Å². The number of benzene rings is 1. The maximum Gasteiger partial charge on any atom is 0.220 e.